The molecular formula is C16H21N3O. The van der Waals surface area contributed by atoms with Crippen LogP contribution < -0.4 is 0 Å². The highest BCUT2D eigenvalue weighted by Gasteiger charge is 2.21. The highest BCUT2D eigenvalue weighted by atomic mass is 16.2. The van der Waals surface area contributed by atoms with Crippen molar-refractivity contribution < 1.29 is 4.79 Å². The molecule has 4 heteroatoms. The lowest BCUT2D eigenvalue weighted by Crippen LogP contribution is -2.39. The van der Waals surface area contributed by atoms with Gasteiger partial charge in [0.25, 0.3) is 0 Å². The standard InChI is InChI=1S/C16H21N3O/c1-12-5-3-7-18(10-12)15(20)9-14-11-19-8-4-6-13(2)16(19)17-14/h4,6,8,11-12H,3,5,7,9-10H2,1-2H3. The summed E-state index contributed by atoms with van der Waals surface area (Å²) in [4.78, 5) is 18.9. The Morgan fingerprint density at radius 3 is 3.10 bits per heavy atom. The first kappa shape index (κ1) is 13.2. The summed E-state index contributed by atoms with van der Waals surface area (Å²) in [5, 5.41) is 0. The van der Waals surface area contributed by atoms with E-state index in [1.165, 1.54) is 6.42 Å². The average molecular weight is 271 g/mol. The Morgan fingerprint density at radius 2 is 2.35 bits per heavy atom. The molecule has 3 heterocycles. The smallest absolute Gasteiger partial charge is 0.228 e. The van der Waals surface area contributed by atoms with Gasteiger partial charge in [-0.3, -0.25) is 4.79 Å². The number of aryl methyl sites for hydroxylation is 1. The Morgan fingerprint density at radius 1 is 1.50 bits per heavy atom. The third-order valence-corrected chi connectivity index (χ3v) is 4.07. The molecule has 0 N–H and O–H groups in total. The van der Waals surface area contributed by atoms with E-state index in [4.69, 9.17) is 0 Å². The number of fused-ring (bicyclic) bond motifs is 1. The quantitative estimate of drug-likeness (QED) is 0.841. The molecule has 0 saturated carbocycles. The second-order valence-electron chi connectivity index (χ2n) is 5.92. The maximum absolute atomic E-state index is 12.4. The first-order chi connectivity index (χ1) is 9.63. The molecule has 0 aliphatic carbocycles. The van der Waals surface area contributed by atoms with Crippen LogP contribution >= 0.6 is 0 Å². The zero-order valence-corrected chi connectivity index (χ0v) is 12.2. The van der Waals surface area contributed by atoms with Crippen molar-refractivity contribution in [3.8, 4) is 0 Å². The molecular weight excluding hydrogens is 250 g/mol. The van der Waals surface area contributed by atoms with Gasteiger partial charge >= 0.3 is 0 Å². The number of nitrogens with zero attached hydrogens (tertiary/aromatic N) is 3. The third kappa shape index (κ3) is 2.55. The van der Waals surface area contributed by atoms with Gasteiger partial charge in [0, 0.05) is 25.5 Å². The Kier molecular flexibility index (Phi) is 3.47. The predicted molar refractivity (Wildman–Crippen MR) is 78.6 cm³/mol. The molecule has 3 rings (SSSR count). The van der Waals surface area contributed by atoms with Crippen LogP contribution in [0.25, 0.3) is 5.65 Å². The number of rotatable bonds is 2. The first-order valence-corrected chi connectivity index (χ1v) is 7.34. The van der Waals surface area contributed by atoms with Gasteiger partial charge in [-0.15, -0.1) is 0 Å². The molecule has 1 aliphatic heterocycles. The minimum atomic E-state index is 0.206. The number of amides is 1. The van der Waals surface area contributed by atoms with E-state index in [1.807, 2.05) is 40.8 Å². The molecule has 1 unspecified atom stereocenters. The largest absolute Gasteiger partial charge is 0.342 e. The van der Waals surface area contributed by atoms with Gasteiger partial charge in [-0.05, 0) is 37.3 Å². The molecule has 1 atom stereocenters. The molecule has 1 aliphatic rings. The number of hydrogen-bond donors (Lipinski definition) is 0. The SMILES string of the molecule is Cc1cccn2cc(CC(=O)N3CCCC(C)C3)nc12. The molecule has 20 heavy (non-hydrogen) atoms. The number of carbonyl (C=O) groups excluding carboxylic acids is 1. The van der Waals surface area contributed by atoms with E-state index in [0.717, 1.165) is 36.4 Å². The summed E-state index contributed by atoms with van der Waals surface area (Å²) in [7, 11) is 0. The van der Waals surface area contributed by atoms with Gasteiger partial charge in [-0.25, -0.2) is 4.98 Å². The first-order valence-electron chi connectivity index (χ1n) is 7.34. The van der Waals surface area contributed by atoms with Crippen LogP contribution in [0.4, 0.5) is 0 Å². The van der Waals surface area contributed by atoms with E-state index in [9.17, 15) is 4.79 Å². The summed E-state index contributed by atoms with van der Waals surface area (Å²) >= 11 is 0. The van der Waals surface area contributed by atoms with Gasteiger partial charge in [-0.1, -0.05) is 13.0 Å². The molecule has 106 valence electrons. The van der Waals surface area contributed by atoms with E-state index in [1.54, 1.807) is 0 Å². The summed E-state index contributed by atoms with van der Waals surface area (Å²) in [6.07, 6.45) is 6.71. The average Bonchev–Trinajstić information content (AvgIpc) is 2.83. The van der Waals surface area contributed by atoms with Crippen molar-refractivity contribution in [3.63, 3.8) is 0 Å². The van der Waals surface area contributed by atoms with E-state index in [2.05, 4.69) is 11.9 Å². The zero-order valence-electron chi connectivity index (χ0n) is 12.2. The van der Waals surface area contributed by atoms with Crippen molar-refractivity contribution >= 4 is 11.6 Å². The molecule has 2 aromatic rings. The molecule has 0 spiro atoms. The highest BCUT2D eigenvalue weighted by Crippen LogP contribution is 2.17. The topological polar surface area (TPSA) is 37.6 Å². The summed E-state index contributed by atoms with van der Waals surface area (Å²) in [6.45, 7) is 6.05. The van der Waals surface area contributed by atoms with E-state index in [-0.39, 0.29) is 5.91 Å². The molecule has 1 saturated heterocycles. The molecule has 0 bridgehead atoms. The number of imidazole rings is 1. The van der Waals surface area contributed by atoms with Crippen LogP contribution in [0.5, 0.6) is 0 Å². The van der Waals surface area contributed by atoms with Crippen LogP contribution in [0.15, 0.2) is 24.5 Å². The maximum atomic E-state index is 12.4. The van der Waals surface area contributed by atoms with Crippen LogP contribution in [0.3, 0.4) is 0 Å². The Balaban J connectivity index is 1.75. The fourth-order valence-electron chi connectivity index (χ4n) is 2.97. The number of pyridine rings is 1. The Labute approximate surface area is 119 Å². The normalized spacial score (nSPS) is 19.5. The van der Waals surface area contributed by atoms with Crippen molar-refractivity contribution in [3.05, 3.63) is 35.8 Å². The van der Waals surface area contributed by atoms with E-state index in [0.29, 0.717) is 12.3 Å². The minimum Gasteiger partial charge on any atom is -0.342 e. The number of piperidine rings is 1. The summed E-state index contributed by atoms with van der Waals surface area (Å²) in [5.41, 5.74) is 2.95. The van der Waals surface area contributed by atoms with Crippen LogP contribution in [-0.4, -0.2) is 33.3 Å². The minimum absolute atomic E-state index is 0.206. The Hall–Kier alpha value is -1.84. The fraction of sp³-hybridized carbons (Fsp3) is 0.500. The van der Waals surface area contributed by atoms with Crippen molar-refractivity contribution in [2.24, 2.45) is 5.92 Å². The monoisotopic (exact) mass is 271 g/mol. The lowest BCUT2D eigenvalue weighted by Gasteiger charge is -2.30. The van der Waals surface area contributed by atoms with Gasteiger partial charge in [0.2, 0.25) is 5.91 Å². The van der Waals surface area contributed by atoms with Crippen LogP contribution in [0.1, 0.15) is 31.0 Å². The van der Waals surface area contributed by atoms with Gasteiger partial charge in [0.1, 0.15) is 5.65 Å². The maximum Gasteiger partial charge on any atom is 0.228 e. The summed E-state index contributed by atoms with van der Waals surface area (Å²) in [6, 6.07) is 4.04. The van der Waals surface area contributed by atoms with Crippen LogP contribution in [0.2, 0.25) is 0 Å². The lowest BCUT2D eigenvalue weighted by atomic mass is 10.00. The van der Waals surface area contributed by atoms with Crippen molar-refractivity contribution in [1.29, 1.82) is 0 Å². The number of likely N-dealkylation sites (tertiary alicyclic amines) is 1. The fourth-order valence-corrected chi connectivity index (χ4v) is 2.97. The molecule has 0 aromatic carbocycles. The summed E-state index contributed by atoms with van der Waals surface area (Å²) in [5.74, 6) is 0.827. The second kappa shape index (κ2) is 5.27. The van der Waals surface area contributed by atoms with E-state index >= 15 is 0 Å². The van der Waals surface area contributed by atoms with E-state index < -0.39 is 0 Å². The predicted octanol–water partition coefficient (Wildman–Crippen LogP) is 2.44. The van der Waals surface area contributed by atoms with Crippen molar-refractivity contribution in [2.45, 2.75) is 33.1 Å². The lowest BCUT2D eigenvalue weighted by molar-refractivity contribution is -0.132. The van der Waals surface area contributed by atoms with Crippen molar-refractivity contribution in [1.82, 2.24) is 14.3 Å². The van der Waals surface area contributed by atoms with Gasteiger partial charge < -0.3 is 9.30 Å². The number of hydrogen-bond acceptors (Lipinski definition) is 2. The molecule has 4 nitrogen and oxygen atoms in total. The van der Waals surface area contributed by atoms with Crippen molar-refractivity contribution in [2.75, 3.05) is 13.1 Å². The second-order valence-corrected chi connectivity index (χ2v) is 5.92. The Bertz CT molecular complexity index is 632. The number of aromatic nitrogens is 2. The van der Waals surface area contributed by atoms with Crippen LogP contribution in [-0.2, 0) is 11.2 Å². The third-order valence-electron chi connectivity index (χ3n) is 4.07. The van der Waals surface area contributed by atoms with Gasteiger partial charge in [0.15, 0.2) is 0 Å². The van der Waals surface area contributed by atoms with Crippen LogP contribution in [0, 0.1) is 12.8 Å². The zero-order chi connectivity index (χ0) is 14.1. The summed E-state index contributed by atoms with van der Waals surface area (Å²) < 4.78 is 2.00. The molecule has 2 aromatic heterocycles. The molecule has 1 amide bonds. The van der Waals surface area contributed by atoms with Gasteiger partial charge in [-0.2, -0.15) is 0 Å². The molecule has 1 fully saturated rings. The highest BCUT2D eigenvalue weighted by molar-refractivity contribution is 5.78. The number of carbonyl (C=O) groups is 1. The molecule has 0 radical (unpaired) electrons. The van der Waals surface area contributed by atoms with Gasteiger partial charge in [0.05, 0.1) is 12.1 Å².